The van der Waals surface area contributed by atoms with E-state index in [2.05, 4.69) is 16.7 Å². The third-order valence-electron chi connectivity index (χ3n) is 4.16. The molecule has 0 aliphatic carbocycles. The van der Waals surface area contributed by atoms with E-state index in [9.17, 15) is 9.59 Å². The van der Waals surface area contributed by atoms with Crippen molar-refractivity contribution >= 4 is 23.2 Å². The Morgan fingerprint density at radius 1 is 1.39 bits per heavy atom. The minimum Gasteiger partial charge on any atom is -0.384 e. The van der Waals surface area contributed by atoms with Crippen molar-refractivity contribution < 1.29 is 14.7 Å². The van der Waals surface area contributed by atoms with Crippen LogP contribution in [0.25, 0.3) is 0 Å². The van der Waals surface area contributed by atoms with E-state index >= 15 is 0 Å². The summed E-state index contributed by atoms with van der Waals surface area (Å²) in [6, 6.07) is 1.66. The lowest BCUT2D eigenvalue weighted by atomic mass is 10.1. The molecule has 0 saturated carbocycles. The molecule has 0 spiro atoms. The van der Waals surface area contributed by atoms with Gasteiger partial charge in [-0.1, -0.05) is 11.8 Å². The molecule has 1 aromatic rings. The first kappa shape index (κ1) is 16.0. The maximum Gasteiger partial charge on any atom is 0.246 e. The van der Waals surface area contributed by atoms with Gasteiger partial charge in [0.1, 0.15) is 12.6 Å². The number of hydrogen-bond donors (Lipinski definition) is 1. The van der Waals surface area contributed by atoms with Crippen LogP contribution in [0.5, 0.6) is 0 Å². The van der Waals surface area contributed by atoms with Crippen LogP contribution in [0.1, 0.15) is 10.4 Å². The highest BCUT2D eigenvalue weighted by Gasteiger charge is 2.41. The van der Waals surface area contributed by atoms with Crippen molar-refractivity contribution in [1.29, 1.82) is 0 Å². The Morgan fingerprint density at radius 3 is 3.00 bits per heavy atom. The van der Waals surface area contributed by atoms with Gasteiger partial charge in [-0.3, -0.25) is 14.5 Å². The number of nitrogens with zero attached hydrogens (tertiary/aromatic N) is 3. The van der Waals surface area contributed by atoms with Crippen molar-refractivity contribution in [3.63, 3.8) is 0 Å². The van der Waals surface area contributed by atoms with Gasteiger partial charge in [0.15, 0.2) is 0 Å². The molecule has 6 nitrogen and oxygen atoms in total. The molecule has 2 aliphatic rings. The van der Waals surface area contributed by atoms with Gasteiger partial charge in [0, 0.05) is 49.0 Å². The minimum absolute atomic E-state index is 0.0231. The highest BCUT2D eigenvalue weighted by Crippen LogP contribution is 2.21. The molecule has 1 aromatic heterocycles. The summed E-state index contributed by atoms with van der Waals surface area (Å²) in [7, 11) is 1.68. The van der Waals surface area contributed by atoms with E-state index in [4.69, 9.17) is 5.11 Å². The number of thiophene rings is 1. The predicted octanol–water partition coefficient (Wildman–Crippen LogP) is -0.423. The Bertz CT molecular complexity index is 676. The van der Waals surface area contributed by atoms with Gasteiger partial charge in [0.25, 0.3) is 0 Å². The summed E-state index contributed by atoms with van der Waals surface area (Å²) < 4.78 is 0. The second kappa shape index (κ2) is 6.71. The quantitative estimate of drug-likeness (QED) is 0.747. The lowest BCUT2D eigenvalue weighted by Gasteiger charge is -2.45. The molecule has 1 unspecified atom stereocenters. The molecule has 7 heteroatoms. The summed E-state index contributed by atoms with van der Waals surface area (Å²) in [4.78, 5) is 30.9. The van der Waals surface area contributed by atoms with Gasteiger partial charge < -0.3 is 14.9 Å². The molecule has 23 heavy (non-hydrogen) atoms. The van der Waals surface area contributed by atoms with Crippen LogP contribution in [-0.4, -0.2) is 77.5 Å². The number of amides is 2. The molecule has 2 aliphatic heterocycles. The molecule has 2 amide bonds. The van der Waals surface area contributed by atoms with Gasteiger partial charge in [-0.25, -0.2) is 0 Å². The molecule has 0 bridgehead atoms. The normalized spacial score (nSPS) is 21.9. The molecule has 2 fully saturated rings. The Balaban J connectivity index is 1.65. The summed E-state index contributed by atoms with van der Waals surface area (Å²) >= 11 is 1.62. The Hall–Kier alpha value is -1.88. The molecule has 0 aromatic carbocycles. The number of carbonyl (C=O) groups is 2. The largest absolute Gasteiger partial charge is 0.384 e. The summed E-state index contributed by atoms with van der Waals surface area (Å²) in [5.41, 5.74) is 0.904. The predicted molar refractivity (Wildman–Crippen MR) is 86.7 cm³/mol. The van der Waals surface area contributed by atoms with Crippen LogP contribution in [0.4, 0.5) is 0 Å². The number of aliphatic hydroxyl groups excluding tert-OH is 1. The average molecular weight is 333 g/mol. The number of rotatable bonds is 2. The van der Waals surface area contributed by atoms with Crippen molar-refractivity contribution in [2.45, 2.75) is 12.6 Å². The standard InChI is InChI=1S/C16H19N3O3S/c1-17-10-15(21)19-5-4-18(9-14(19)16(17)22)8-13-7-12(11-23-13)3-2-6-20/h7,11,14,20H,4-6,8-10H2,1H3. The van der Waals surface area contributed by atoms with E-state index in [1.54, 1.807) is 23.3 Å². The molecular formula is C16H19N3O3S. The van der Waals surface area contributed by atoms with Crippen LogP contribution < -0.4 is 0 Å². The van der Waals surface area contributed by atoms with E-state index in [0.717, 1.165) is 18.7 Å². The van der Waals surface area contributed by atoms with Gasteiger partial charge >= 0.3 is 0 Å². The van der Waals surface area contributed by atoms with E-state index < -0.39 is 0 Å². The summed E-state index contributed by atoms with van der Waals surface area (Å²) in [5, 5.41) is 10.7. The maximum atomic E-state index is 12.3. The monoisotopic (exact) mass is 333 g/mol. The van der Waals surface area contributed by atoms with E-state index in [0.29, 0.717) is 13.1 Å². The van der Waals surface area contributed by atoms with Crippen molar-refractivity contribution in [3.8, 4) is 11.8 Å². The number of fused-ring (bicyclic) bond motifs is 1. The first-order valence-corrected chi connectivity index (χ1v) is 8.40. The zero-order valence-electron chi connectivity index (χ0n) is 13.0. The van der Waals surface area contributed by atoms with Crippen LogP contribution in [-0.2, 0) is 16.1 Å². The van der Waals surface area contributed by atoms with E-state index in [1.807, 2.05) is 11.4 Å². The van der Waals surface area contributed by atoms with Crippen LogP contribution in [0, 0.1) is 11.8 Å². The lowest BCUT2D eigenvalue weighted by Crippen LogP contribution is -2.65. The molecule has 2 saturated heterocycles. The number of piperazine rings is 2. The molecule has 1 N–H and O–H groups in total. The van der Waals surface area contributed by atoms with Crippen molar-refractivity contribution in [3.05, 3.63) is 21.9 Å². The second-order valence-corrected chi connectivity index (χ2v) is 6.79. The van der Waals surface area contributed by atoms with Crippen molar-refractivity contribution in [1.82, 2.24) is 14.7 Å². The van der Waals surface area contributed by atoms with Crippen LogP contribution in [0.3, 0.4) is 0 Å². The smallest absolute Gasteiger partial charge is 0.246 e. The van der Waals surface area contributed by atoms with Crippen molar-refractivity contribution in [2.24, 2.45) is 0 Å². The highest BCUT2D eigenvalue weighted by molar-refractivity contribution is 7.10. The number of carbonyl (C=O) groups excluding carboxylic acids is 2. The summed E-state index contributed by atoms with van der Waals surface area (Å²) in [5.74, 6) is 5.59. The van der Waals surface area contributed by atoms with E-state index in [-0.39, 0.29) is 31.0 Å². The van der Waals surface area contributed by atoms with Crippen LogP contribution in [0.2, 0.25) is 0 Å². The van der Waals surface area contributed by atoms with Gasteiger partial charge in [0.05, 0.1) is 6.54 Å². The average Bonchev–Trinajstić information content (AvgIpc) is 2.98. The highest BCUT2D eigenvalue weighted by atomic mass is 32.1. The fourth-order valence-corrected chi connectivity index (χ4v) is 3.87. The van der Waals surface area contributed by atoms with Gasteiger partial charge in [0.2, 0.25) is 11.8 Å². The number of hydrogen-bond acceptors (Lipinski definition) is 5. The SMILES string of the molecule is CN1CC(=O)N2CCN(Cc3cc(C#CCO)cs3)CC2C1=O. The Labute approximate surface area is 139 Å². The topological polar surface area (TPSA) is 64.1 Å². The maximum absolute atomic E-state index is 12.3. The summed E-state index contributed by atoms with van der Waals surface area (Å²) in [6.45, 7) is 2.75. The Kier molecular flexibility index (Phi) is 4.66. The van der Waals surface area contributed by atoms with Gasteiger partial charge in [-0.15, -0.1) is 11.3 Å². The number of likely N-dealkylation sites (N-methyl/N-ethyl adjacent to an activating group) is 1. The van der Waals surface area contributed by atoms with Crippen LogP contribution >= 0.6 is 11.3 Å². The molecule has 0 radical (unpaired) electrons. The first-order valence-electron chi connectivity index (χ1n) is 7.52. The van der Waals surface area contributed by atoms with Crippen LogP contribution in [0.15, 0.2) is 11.4 Å². The molecule has 3 heterocycles. The zero-order valence-corrected chi connectivity index (χ0v) is 13.8. The lowest BCUT2D eigenvalue weighted by molar-refractivity contribution is -0.158. The third-order valence-corrected chi connectivity index (χ3v) is 5.09. The zero-order chi connectivity index (χ0) is 16.4. The fourth-order valence-electron chi connectivity index (χ4n) is 3.01. The molecule has 122 valence electrons. The van der Waals surface area contributed by atoms with Gasteiger partial charge in [-0.05, 0) is 6.07 Å². The second-order valence-electron chi connectivity index (χ2n) is 5.79. The summed E-state index contributed by atoms with van der Waals surface area (Å²) in [6.07, 6.45) is 0. The fraction of sp³-hybridized carbons (Fsp3) is 0.500. The van der Waals surface area contributed by atoms with Crippen molar-refractivity contribution in [2.75, 3.05) is 39.8 Å². The third kappa shape index (κ3) is 3.39. The molecule has 1 atom stereocenters. The Morgan fingerprint density at radius 2 is 2.22 bits per heavy atom. The minimum atomic E-state index is -0.358. The molecule has 3 rings (SSSR count). The van der Waals surface area contributed by atoms with Gasteiger partial charge in [-0.2, -0.15) is 0 Å². The molecular weight excluding hydrogens is 314 g/mol. The number of aliphatic hydroxyl groups is 1. The van der Waals surface area contributed by atoms with E-state index in [1.165, 1.54) is 9.78 Å². The first-order chi connectivity index (χ1) is 11.1.